The van der Waals surface area contributed by atoms with Gasteiger partial charge in [-0.25, -0.2) is 0 Å². The van der Waals surface area contributed by atoms with E-state index in [1.165, 1.54) is 0 Å². The van der Waals surface area contributed by atoms with Gasteiger partial charge in [0.2, 0.25) is 0 Å². The number of hydrogen-bond donors (Lipinski definition) is 1. The first-order valence-corrected chi connectivity index (χ1v) is 10.4. The number of anilines is 1. The SMILES string of the molecule is S=C1N[C@@H](c2ccccn2)[C@H](c2cccn2Cc2ccco2)N1c1ccc(Cl)cc1. The van der Waals surface area contributed by atoms with E-state index in [9.17, 15) is 0 Å². The topological polar surface area (TPSA) is 46.2 Å². The second kappa shape index (κ2) is 7.97. The molecule has 5 nitrogen and oxygen atoms in total. The van der Waals surface area contributed by atoms with Crippen LogP contribution in [0.15, 0.2) is 89.8 Å². The number of furan rings is 1. The maximum absolute atomic E-state index is 6.13. The molecule has 5 rings (SSSR count). The van der Waals surface area contributed by atoms with E-state index < -0.39 is 0 Å². The molecule has 0 spiro atoms. The Bertz CT molecular complexity index is 1140. The minimum atomic E-state index is -0.0976. The summed E-state index contributed by atoms with van der Waals surface area (Å²) in [6.45, 7) is 0.641. The van der Waals surface area contributed by atoms with Gasteiger partial charge in [0.25, 0.3) is 0 Å². The van der Waals surface area contributed by atoms with Gasteiger partial charge in [0.05, 0.1) is 24.5 Å². The summed E-state index contributed by atoms with van der Waals surface area (Å²) in [4.78, 5) is 6.74. The van der Waals surface area contributed by atoms with Gasteiger partial charge in [-0.3, -0.25) is 4.98 Å². The summed E-state index contributed by atoms with van der Waals surface area (Å²) < 4.78 is 7.77. The molecular weight excluding hydrogens is 416 g/mol. The van der Waals surface area contributed by atoms with Crippen LogP contribution < -0.4 is 10.2 Å². The normalized spacial score (nSPS) is 18.6. The summed E-state index contributed by atoms with van der Waals surface area (Å²) in [6.07, 6.45) is 5.57. The van der Waals surface area contributed by atoms with Gasteiger partial charge in [0.15, 0.2) is 5.11 Å². The molecule has 0 unspecified atom stereocenters. The molecule has 0 bridgehead atoms. The van der Waals surface area contributed by atoms with E-state index in [2.05, 4.69) is 38.1 Å². The van der Waals surface area contributed by atoms with E-state index in [1.807, 2.05) is 60.8 Å². The molecule has 1 saturated heterocycles. The number of hydrogen-bond acceptors (Lipinski definition) is 3. The number of nitrogens with zero attached hydrogens (tertiary/aromatic N) is 3. The molecule has 1 N–H and O–H groups in total. The summed E-state index contributed by atoms with van der Waals surface area (Å²) in [7, 11) is 0. The number of nitrogens with one attached hydrogen (secondary N) is 1. The van der Waals surface area contributed by atoms with Crippen molar-refractivity contribution in [1.82, 2.24) is 14.9 Å². The van der Waals surface area contributed by atoms with E-state index in [0.717, 1.165) is 22.8 Å². The predicted octanol–water partition coefficient (Wildman–Crippen LogP) is 5.35. The highest BCUT2D eigenvalue weighted by molar-refractivity contribution is 7.80. The Morgan fingerprint density at radius 3 is 2.63 bits per heavy atom. The van der Waals surface area contributed by atoms with E-state index >= 15 is 0 Å². The zero-order valence-electron chi connectivity index (χ0n) is 16.0. The van der Waals surface area contributed by atoms with Gasteiger partial charge in [0, 0.05) is 28.8 Å². The highest BCUT2D eigenvalue weighted by Gasteiger charge is 2.42. The maximum atomic E-state index is 6.13. The molecule has 0 aliphatic carbocycles. The Morgan fingerprint density at radius 2 is 1.90 bits per heavy atom. The van der Waals surface area contributed by atoms with Crippen molar-refractivity contribution in [3.8, 4) is 0 Å². The van der Waals surface area contributed by atoms with Crippen LogP contribution in [0, 0.1) is 0 Å². The fourth-order valence-corrected chi connectivity index (χ4v) is 4.42. The van der Waals surface area contributed by atoms with Crippen molar-refractivity contribution in [1.29, 1.82) is 0 Å². The van der Waals surface area contributed by atoms with Gasteiger partial charge in [0.1, 0.15) is 11.8 Å². The maximum Gasteiger partial charge on any atom is 0.174 e. The summed E-state index contributed by atoms with van der Waals surface area (Å²) >= 11 is 11.9. The lowest BCUT2D eigenvalue weighted by Crippen LogP contribution is -2.30. The minimum absolute atomic E-state index is 0.0847. The molecule has 0 saturated carbocycles. The summed E-state index contributed by atoms with van der Waals surface area (Å²) in [6, 6.07) is 21.6. The second-order valence-electron chi connectivity index (χ2n) is 7.11. The molecule has 2 atom stereocenters. The van der Waals surface area contributed by atoms with Gasteiger partial charge >= 0.3 is 0 Å². The lowest BCUT2D eigenvalue weighted by molar-refractivity contribution is 0.475. The standard InChI is InChI=1S/C23H19ClN4OS/c24-16-8-10-17(11-9-16)28-22(21(26-23(28)30)19-6-1-2-12-25-19)20-7-3-13-27(20)15-18-5-4-14-29-18/h1-14,21-22H,15H2,(H,26,30)/t21-,22-/m0/s1. The quantitative estimate of drug-likeness (QED) is 0.429. The molecule has 150 valence electrons. The third-order valence-corrected chi connectivity index (χ3v) is 5.84. The second-order valence-corrected chi connectivity index (χ2v) is 7.94. The molecular formula is C23H19ClN4OS. The first-order chi connectivity index (χ1) is 14.7. The van der Waals surface area contributed by atoms with Crippen molar-refractivity contribution in [3.63, 3.8) is 0 Å². The Hall–Kier alpha value is -3.09. The van der Waals surface area contributed by atoms with E-state index in [-0.39, 0.29) is 12.1 Å². The van der Waals surface area contributed by atoms with Crippen LogP contribution in [0.1, 0.15) is 29.2 Å². The number of thiocarbonyl (C=S) groups is 1. The highest BCUT2D eigenvalue weighted by atomic mass is 35.5. The van der Waals surface area contributed by atoms with Crippen molar-refractivity contribution < 1.29 is 4.42 Å². The van der Waals surface area contributed by atoms with Crippen LogP contribution in [0.4, 0.5) is 5.69 Å². The first-order valence-electron chi connectivity index (χ1n) is 9.64. The molecule has 4 aromatic rings. The third-order valence-electron chi connectivity index (χ3n) is 5.28. The molecule has 30 heavy (non-hydrogen) atoms. The Morgan fingerprint density at radius 1 is 1.03 bits per heavy atom. The number of pyridine rings is 1. The van der Waals surface area contributed by atoms with Crippen molar-refractivity contribution >= 4 is 34.6 Å². The third kappa shape index (κ3) is 3.49. The van der Waals surface area contributed by atoms with Crippen LogP contribution in [0.25, 0.3) is 0 Å². The molecule has 1 fully saturated rings. The highest BCUT2D eigenvalue weighted by Crippen LogP contribution is 2.41. The van der Waals surface area contributed by atoms with Crippen LogP contribution in [-0.4, -0.2) is 14.7 Å². The van der Waals surface area contributed by atoms with Gasteiger partial charge in [-0.2, -0.15) is 0 Å². The monoisotopic (exact) mass is 434 g/mol. The Balaban J connectivity index is 1.60. The Labute approximate surface area is 184 Å². The zero-order chi connectivity index (χ0) is 20.5. The smallest absolute Gasteiger partial charge is 0.174 e. The number of benzene rings is 1. The fraction of sp³-hybridized carbons (Fsp3) is 0.130. The van der Waals surface area contributed by atoms with Crippen molar-refractivity contribution in [2.24, 2.45) is 0 Å². The van der Waals surface area contributed by atoms with Crippen molar-refractivity contribution in [3.05, 3.63) is 108 Å². The molecule has 0 radical (unpaired) electrons. The average molecular weight is 435 g/mol. The van der Waals surface area contributed by atoms with Crippen LogP contribution in [0.5, 0.6) is 0 Å². The number of halogens is 1. The van der Waals surface area contributed by atoms with E-state index in [4.69, 9.17) is 28.2 Å². The number of rotatable bonds is 5. The van der Waals surface area contributed by atoms with Gasteiger partial charge in [-0.15, -0.1) is 0 Å². The van der Waals surface area contributed by atoms with Gasteiger partial charge in [-0.1, -0.05) is 17.7 Å². The minimum Gasteiger partial charge on any atom is -0.467 e. The zero-order valence-corrected chi connectivity index (χ0v) is 17.6. The van der Waals surface area contributed by atoms with Gasteiger partial charge in [-0.05, 0) is 72.9 Å². The van der Waals surface area contributed by atoms with E-state index in [0.29, 0.717) is 16.7 Å². The van der Waals surface area contributed by atoms with Crippen LogP contribution in [-0.2, 0) is 6.54 Å². The summed E-state index contributed by atoms with van der Waals surface area (Å²) in [5.74, 6) is 0.897. The molecule has 1 aromatic carbocycles. The predicted molar refractivity (Wildman–Crippen MR) is 122 cm³/mol. The van der Waals surface area contributed by atoms with Crippen molar-refractivity contribution in [2.75, 3.05) is 4.90 Å². The lowest BCUT2D eigenvalue weighted by Gasteiger charge is -2.29. The van der Waals surface area contributed by atoms with Crippen LogP contribution in [0.2, 0.25) is 5.02 Å². The molecule has 4 heterocycles. The first kappa shape index (κ1) is 18.9. The number of aromatic nitrogens is 2. The summed E-state index contributed by atoms with van der Waals surface area (Å²) in [5.41, 5.74) is 3.03. The van der Waals surface area contributed by atoms with E-state index in [1.54, 1.807) is 6.26 Å². The molecule has 1 aliphatic rings. The fourth-order valence-electron chi connectivity index (χ4n) is 3.95. The Kier molecular flexibility index (Phi) is 5.02. The van der Waals surface area contributed by atoms with Crippen molar-refractivity contribution in [2.45, 2.75) is 18.6 Å². The van der Waals surface area contributed by atoms with Crippen LogP contribution in [0.3, 0.4) is 0 Å². The van der Waals surface area contributed by atoms with Crippen LogP contribution >= 0.6 is 23.8 Å². The summed E-state index contributed by atoms with van der Waals surface area (Å²) in [5, 5.41) is 4.83. The molecule has 3 aromatic heterocycles. The van der Waals surface area contributed by atoms with Gasteiger partial charge < -0.3 is 19.2 Å². The average Bonchev–Trinajstić information content (AvgIpc) is 3.50. The lowest BCUT2D eigenvalue weighted by atomic mass is 10.0. The molecule has 1 aliphatic heterocycles. The molecule has 0 amide bonds. The molecule has 7 heteroatoms. The largest absolute Gasteiger partial charge is 0.467 e.